The van der Waals surface area contributed by atoms with Crippen LogP contribution in [0.4, 0.5) is 0 Å². The van der Waals surface area contributed by atoms with Crippen LogP contribution in [0.5, 0.6) is 5.75 Å². The van der Waals surface area contributed by atoms with E-state index in [1.54, 1.807) is 13.3 Å². The maximum absolute atomic E-state index is 13.4. The summed E-state index contributed by atoms with van der Waals surface area (Å²) in [4.78, 5) is 17.8. The molecule has 0 aliphatic heterocycles. The zero-order chi connectivity index (χ0) is 22.1. The van der Waals surface area contributed by atoms with Gasteiger partial charge in [0.15, 0.2) is 5.82 Å². The quantitative estimate of drug-likeness (QED) is 0.515. The average Bonchev–Trinajstić information content (AvgIpc) is 3.45. The molecular weight excluding hydrogens is 394 g/mol. The van der Waals surface area contributed by atoms with Gasteiger partial charge in [-0.3, -0.25) is 9.36 Å². The number of amides is 1. The van der Waals surface area contributed by atoms with Gasteiger partial charge in [0.05, 0.1) is 12.7 Å². The number of imidazole rings is 1. The molecule has 3 aromatic heterocycles. The fraction of sp³-hybridized carbons (Fsp3) is 0.261. The first-order valence-electron chi connectivity index (χ1n) is 9.93. The lowest BCUT2D eigenvalue weighted by atomic mass is 10.0. The van der Waals surface area contributed by atoms with Gasteiger partial charge in [-0.15, -0.1) is 0 Å². The molecule has 31 heavy (non-hydrogen) atoms. The Bertz CT molecular complexity index is 1220. The Morgan fingerprint density at radius 2 is 1.90 bits per heavy atom. The lowest BCUT2D eigenvalue weighted by molar-refractivity contribution is 0.0940. The molecule has 0 saturated heterocycles. The van der Waals surface area contributed by atoms with Gasteiger partial charge in [0.25, 0.3) is 5.91 Å². The zero-order valence-corrected chi connectivity index (χ0v) is 18.2. The van der Waals surface area contributed by atoms with Crippen LogP contribution < -0.4 is 10.1 Å². The highest BCUT2D eigenvalue weighted by Gasteiger charge is 2.24. The Morgan fingerprint density at radius 1 is 1.16 bits per heavy atom. The number of carbonyl (C=O) groups excluding carboxylic acids is 1. The lowest BCUT2D eigenvalue weighted by Gasteiger charge is -2.19. The first kappa shape index (κ1) is 20.5. The molecule has 1 unspecified atom stereocenters. The van der Waals surface area contributed by atoms with Crippen LogP contribution in [0.15, 0.2) is 53.3 Å². The molecule has 0 bridgehead atoms. The second-order valence-corrected chi connectivity index (χ2v) is 7.49. The Kier molecular flexibility index (Phi) is 5.37. The summed E-state index contributed by atoms with van der Waals surface area (Å²) >= 11 is 0. The summed E-state index contributed by atoms with van der Waals surface area (Å²) < 4.78 is 14.3. The highest BCUT2D eigenvalue weighted by molar-refractivity contribution is 5.96. The van der Waals surface area contributed by atoms with Crippen molar-refractivity contribution in [3.05, 3.63) is 82.9 Å². The highest BCUT2D eigenvalue weighted by Crippen LogP contribution is 2.25. The van der Waals surface area contributed by atoms with Gasteiger partial charge in [-0.25, -0.2) is 4.98 Å². The van der Waals surface area contributed by atoms with Crippen molar-refractivity contribution in [2.45, 2.75) is 26.8 Å². The third-order valence-electron chi connectivity index (χ3n) is 5.36. The maximum atomic E-state index is 13.4. The number of carbonyl (C=O) groups is 1. The number of hydrogen-bond donors (Lipinski definition) is 1. The molecule has 0 fully saturated rings. The molecule has 0 radical (unpaired) electrons. The first-order chi connectivity index (χ1) is 14.9. The van der Waals surface area contributed by atoms with Crippen LogP contribution in [-0.2, 0) is 7.05 Å². The topological polar surface area (TPSA) is 87.1 Å². The number of benzene rings is 1. The van der Waals surface area contributed by atoms with Gasteiger partial charge in [0.1, 0.15) is 23.4 Å². The molecule has 1 N–H and O–H groups in total. The Morgan fingerprint density at radius 3 is 2.48 bits per heavy atom. The fourth-order valence-electron chi connectivity index (χ4n) is 3.76. The van der Waals surface area contributed by atoms with Crippen molar-refractivity contribution >= 4 is 5.91 Å². The summed E-state index contributed by atoms with van der Waals surface area (Å²) in [5.74, 6) is 2.66. The van der Waals surface area contributed by atoms with Gasteiger partial charge in [0.2, 0.25) is 0 Å². The smallest absolute Gasteiger partial charge is 0.253 e. The lowest BCUT2D eigenvalue weighted by Crippen LogP contribution is -2.31. The predicted octanol–water partition coefficient (Wildman–Crippen LogP) is 3.65. The molecule has 1 amide bonds. The molecular formula is C23H25N5O3. The first-order valence-corrected chi connectivity index (χ1v) is 9.93. The number of nitrogens with zero attached hydrogens (tertiary/aromatic N) is 4. The average molecular weight is 419 g/mol. The minimum Gasteiger partial charge on any atom is -0.497 e. The van der Waals surface area contributed by atoms with Crippen molar-refractivity contribution in [1.82, 2.24) is 24.6 Å². The van der Waals surface area contributed by atoms with Gasteiger partial charge in [-0.2, -0.15) is 0 Å². The van der Waals surface area contributed by atoms with Gasteiger partial charge in [-0.1, -0.05) is 17.3 Å². The SMILES string of the molecule is COc1ccc(C(NC(=O)c2cc(C)n(-c3cc(C)on3)c2C)c2nccn2C)cc1. The van der Waals surface area contributed by atoms with E-state index in [4.69, 9.17) is 9.26 Å². The fourth-order valence-corrected chi connectivity index (χ4v) is 3.76. The highest BCUT2D eigenvalue weighted by atomic mass is 16.5. The van der Waals surface area contributed by atoms with Crippen molar-refractivity contribution in [2.75, 3.05) is 7.11 Å². The number of rotatable bonds is 6. The minimum absolute atomic E-state index is 0.191. The van der Waals surface area contributed by atoms with Gasteiger partial charge < -0.3 is 19.1 Å². The molecule has 0 aliphatic rings. The molecule has 4 aromatic rings. The van der Waals surface area contributed by atoms with E-state index >= 15 is 0 Å². The third kappa shape index (κ3) is 3.84. The Balaban J connectivity index is 1.69. The number of ether oxygens (including phenoxy) is 1. The van der Waals surface area contributed by atoms with Crippen LogP contribution in [0.1, 0.15) is 44.9 Å². The summed E-state index contributed by atoms with van der Waals surface area (Å²) in [5, 5.41) is 7.24. The summed E-state index contributed by atoms with van der Waals surface area (Å²) in [6.45, 7) is 5.67. The monoisotopic (exact) mass is 419 g/mol. The van der Waals surface area contributed by atoms with E-state index in [9.17, 15) is 4.79 Å². The summed E-state index contributed by atoms with van der Waals surface area (Å²) in [6.07, 6.45) is 3.58. The molecule has 0 saturated carbocycles. The van der Waals surface area contributed by atoms with Crippen molar-refractivity contribution in [2.24, 2.45) is 7.05 Å². The van der Waals surface area contributed by atoms with E-state index in [1.165, 1.54) is 0 Å². The molecule has 160 valence electrons. The Hall–Kier alpha value is -3.81. The third-order valence-corrected chi connectivity index (χ3v) is 5.36. The van der Waals surface area contributed by atoms with Crippen molar-refractivity contribution in [3.63, 3.8) is 0 Å². The van der Waals surface area contributed by atoms with Gasteiger partial charge >= 0.3 is 0 Å². The molecule has 8 nitrogen and oxygen atoms in total. The maximum Gasteiger partial charge on any atom is 0.253 e. The summed E-state index contributed by atoms with van der Waals surface area (Å²) in [6, 6.07) is 10.9. The molecule has 1 aromatic carbocycles. The number of nitrogens with one attached hydrogen (secondary N) is 1. The van der Waals surface area contributed by atoms with Crippen LogP contribution >= 0.6 is 0 Å². The van der Waals surface area contributed by atoms with Crippen LogP contribution in [0, 0.1) is 20.8 Å². The van der Waals surface area contributed by atoms with E-state index in [0.717, 1.165) is 28.5 Å². The predicted molar refractivity (Wildman–Crippen MR) is 116 cm³/mol. The van der Waals surface area contributed by atoms with Crippen LogP contribution in [0.3, 0.4) is 0 Å². The van der Waals surface area contributed by atoms with Crippen molar-refractivity contribution in [1.29, 1.82) is 0 Å². The van der Waals surface area contributed by atoms with E-state index in [1.807, 2.05) is 79.5 Å². The Labute approximate surface area is 180 Å². The number of aromatic nitrogens is 4. The minimum atomic E-state index is -0.421. The number of hydrogen-bond acceptors (Lipinski definition) is 5. The molecule has 0 aliphatic carbocycles. The molecule has 3 heterocycles. The number of methoxy groups -OCH3 is 1. The zero-order valence-electron chi connectivity index (χ0n) is 18.2. The molecule has 4 rings (SSSR count). The van der Waals surface area contributed by atoms with Crippen LogP contribution in [0.25, 0.3) is 5.82 Å². The van der Waals surface area contributed by atoms with Gasteiger partial charge in [-0.05, 0) is 44.5 Å². The number of aryl methyl sites for hydroxylation is 3. The normalized spacial score (nSPS) is 12.0. The molecule has 8 heteroatoms. The van der Waals surface area contributed by atoms with Crippen molar-refractivity contribution in [3.8, 4) is 11.6 Å². The molecule has 0 spiro atoms. The van der Waals surface area contributed by atoms with Crippen LogP contribution in [-0.4, -0.2) is 32.3 Å². The van der Waals surface area contributed by atoms with E-state index < -0.39 is 6.04 Å². The summed E-state index contributed by atoms with van der Waals surface area (Å²) in [7, 11) is 3.53. The van der Waals surface area contributed by atoms with E-state index in [-0.39, 0.29) is 5.91 Å². The van der Waals surface area contributed by atoms with Gasteiger partial charge in [0, 0.05) is 36.9 Å². The standard InChI is InChI=1S/C23H25N5O3/c1-14-12-19(16(3)28(14)20-13-15(2)31-26-20)23(29)25-21(22-24-10-11-27(22)4)17-6-8-18(30-5)9-7-17/h6-13,21H,1-5H3,(H,25,29). The van der Waals surface area contributed by atoms with E-state index in [0.29, 0.717) is 17.1 Å². The van der Waals surface area contributed by atoms with Crippen molar-refractivity contribution < 1.29 is 14.1 Å². The second-order valence-electron chi connectivity index (χ2n) is 7.49. The molecule has 1 atom stereocenters. The summed E-state index contributed by atoms with van der Waals surface area (Å²) in [5.41, 5.74) is 3.17. The van der Waals surface area contributed by atoms with E-state index in [2.05, 4.69) is 15.5 Å². The largest absolute Gasteiger partial charge is 0.497 e. The van der Waals surface area contributed by atoms with Crippen LogP contribution in [0.2, 0.25) is 0 Å². The second kappa shape index (κ2) is 8.14.